The molecule has 0 saturated carbocycles. The summed E-state index contributed by atoms with van der Waals surface area (Å²) in [5.74, 6) is 0. The molecule has 2 nitrogen and oxygen atoms in total. The number of halogens is 2. The van der Waals surface area contributed by atoms with E-state index in [0.717, 1.165) is 5.56 Å². The minimum Gasteiger partial charge on any atom is -0.387 e. The Kier molecular flexibility index (Phi) is 2.42. The summed E-state index contributed by atoms with van der Waals surface area (Å²) < 4.78 is 0. The van der Waals surface area contributed by atoms with Crippen molar-refractivity contribution in [1.82, 2.24) is 0 Å². The lowest BCUT2D eigenvalue weighted by atomic mass is 10.1. The molecule has 1 aromatic carbocycles. The highest BCUT2D eigenvalue weighted by Crippen LogP contribution is 2.35. The standard InChI is InChI=1S/C9H6Cl2NO/c10-6-2-1-3-7(11)9(6)8-4-5-12-13-8/h1-3,8H,4H2. The maximum absolute atomic E-state index is 5.98. The first-order valence-electron chi connectivity index (χ1n) is 3.81. The molecule has 1 atom stereocenters. The van der Waals surface area contributed by atoms with Crippen molar-refractivity contribution in [3.63, 3.8) is 0 Å². The van der Waals surface area contributed by atoms with Crippen LogP contribution in [-0.4, -0.2) is 6.21 Å². The van der Waals surface area contributed by atoms with E-state index < -0.39 is 0 Å². The molecule has 1 heterocycles. The van der Waals surface area contributed by atoms with Gasteiger partial charge in [0.2, 0.25) is 0 Å². The van der Waals surface area contributed by atoms with E-state index in [2.05, 4.69) is 11.4 Å². The lowest BCUT2D eigenvalue weighted by molar-refractivity contribution is 0.0859. The van der Waals surface area contributed by atoms with E-state index >= 15 is 0 Å². The van der Waals surface area contributed by atoms with E-state index in [-0.39, 0.29) is 6.10 Å². The summed E-state index contributed by atoms with van der Waals surface area (Å²) in [5.41, 5.74) is 0.791. The molecule has 1 aliphatic rings. The number of hydrogen-bond acceptors (Lipinski definition) is 2. The zero-order valence-corrected chi connectivity index (χ0v) is 8.14. The van der Waals surface area contributed by atoms with Crippen molar-refractivity contribution in [2.75, 3.05) is 0 Å². The Labute approximate surface area is 86.1 Å². The third-order valence-corrected chi connectivity index (χ3v) is 2.50. The molecule has 1 unspecified atom stereocenters. The van der Waals surface area contributed by atoms with Crippen LogP contribution in [0, 0.1) is 0 Å². The summed E-state index contributed by atoms with van der Waals surface area (Å²) in [6, 6.07) is 5.36. The van der Waals surface area contributed by atoms with Crippen LogP contribution < -0.4 is 0 Å². The van der Waals surface area contributed by atoms with Gasteiger partial charge in [-0.3, -0.25) is 0 Å². The minimum atomic E-state index is -0.179. The van der Waals surface area contributed by atoms with E-state index in [9.17, 15) is 0 Å². The van der Waals surface area contributed by atoms with Gasteiger partial charge in [0.05, 0.1) is 0 Å². The predicted octanol–water partition coefficient (Wildman–Crippen LogP) is 3.32. The molecule has 0 aromatic heterocycles. The zero-order valence-electron chi connectivity index (χ0n) is 6.63. The van der Waals surface area contributed by atoms with Crippen LogP contribution in [0.15, 0.2) is 23.4 Å². The first-order valence-corrected chi connectivity index (χ1v) is 4.57. The molecule has 1 aromatic rings. The summed E-state index contributed by atoms with van der Waals surface area (Å²) in [4.78, 5) is 5.05. The van der Waals surface area contributed by atoms with Gasteiger partial charge < -0.3 is 4.84 Å². The van der Waals surface area contributed by atoms with Crippen molar-refractivity contribution in [1.29, 1.82) is 0 Å². The monoisotopic (exact) mass is 214 g/mol. The average molecular weight is 215 g/mol. The van der Waals surface area contributed by atoms with Crippen LogP contribution >= 0.6 is 23.2 Å². The number of rotatable bonds is 1. The summed E-state index contributed by atoms with van der Waals surface area (Å²) in [7, 11) is 0. The fourth-order valence-electron chi connectivity index (χ4n) is 1.23. The van der Waals surface area contributed by atoms with Gasteiger partial charge in [-0.05, 0) is 12.1 Å². The van der Waals surface area contributed by atoms with E-state index in [1.165, 1.54) is 0 Å². The fraction of sp³-hybridized carbons (Fsp3) is 0.222. The average Bonchev–Trinajstić information content (AvgIpc) is 2.57. The van der Waals surface area contributed by atoms with Crippen molar-refractivity contribution >= 4 is 29.4 Å². The molecule has 0 spiro atoms. The number of nitrogens with zero attached hydrogens (tertiary/aromatic N) is 1. The minimum absolute atomic E-state index is 0.179. The molecule has 0 fully saturated rings. The third-order valence-electron chi connectivity index (χ3n) is 1.84. The van der Waals surface area contributed by atoms with E-state index in [1.54, 1.807) is 18.2 Å². The van der Waals surface area contributed by atoms with Crippen molar-refractivity contribution in [2.45, 2.75) is 12.5 Å². The molecular weight excluding hydrogens is 209 g/mol. The SMILES string of the molecule is Clc1cccc(Cl)c1C1C[C]=NO1. The first kappa shape index (κ1) is 8.85. The lowest BCUT2D eigenvalue weighted by Crippen LogP contribution is -1.97. The Morgan fingerprint density at radius 3 is 2.62 bits per heavy atom. The van der Waals surface area contributed by atoms with E-state index in [4.69, 9.17) is 28.0 Å². The summed E-state index contributed by atoms with van der Waals surface area (Å²) in [6.07, 6.45) is 3.13. The second-order valence-corrected chi connectivity index (χ2v) is 3.50. The summed E-state index contributed by atoms with van der Waals surface area (Å²) in [5, 5.41) is 4.77. The van der Waals surface area contributed by atoms with E-state index in [1.807, 2.05) is 0 Å². The number of hydrogen-bond donors (Lipinski definition) is 0. The highest BCUT2D eigenvalue weighted by Gasteiger charge is 2.21. The van der Waals surface area contributed by atoms with Gasteiger partial charge in [0, 0.05) is 22.0 Å². The molecule has 67 valence electrons. The maximum Gasteiger partial charge on any atom is 0.161 e. The Hall–Kier alpha value is -0.730. The van der Waals surface area contributed by atoms with E-state index in [0.29, 0.717) is 16.5 Å². The summed E-state index contributed by atoms with van der Waals surface area (Å²) in [6.45, 7) is 0. The van der Waals surface area contributed by atoms with Crippen LogP contribution in [-0.2, 0) is 4.84 Å². The Balaban J connectivity index is 2.38. The maximum atomic E-state index is 5.98. The molecule has 0 amide bonds. The molecule has 0 bridgehead atoms. The van der Waals surface area contributed by atoms with Crippen molar-refractivity contribution < 1.29 is 4.84 Å². The third kappa shape index (κ3) is 1.64. The smallest absolute Gasteiger partial charge is 0.161 e. The lowest BCUT2D eigenvalue weighted by Gasteiger charge is -2.11. The molecule has 0 saturated heterocycles. The zero-order chi connectivity index (χ0) is 9.26. The summed E-state index contributed by atoms with van der Waals surface area (Å²) >= 11 is 12.0. The molecule has 2 rings (SSSR count). The molecule has 1 radical (unpaired) electrons. The van der Waals surface area contributed by atoms with Gasteiger partial charge >= 0.3 is 0 Å². The number of benzene rings is 1. The van der Waals surface area contributed by atoms with Gasteiger partial charge in [0.1, 0.15) is 6.21 Å². The highest BCUT2D eigenvalue weighted by atomic mass is 35.5. The molecule has 1 aliphatic heterocycles. The topological polar surface area (TPSA) is 21.6 Å². The quantitative estimate of drug-likeness (QED) is 0.704. The van der Waals surface area contributed by atoms with Gasteiger partial charge in [-0.2, -0.15) is 0 Å². The van der Waals surface area contributed by atoms with Crippen LogP contribution in [0.4, 0.5) is 0 Å². The van der Waals surface area contributed by atoms with Crippen LogP contribution in [0.25, 0.3) is 0 Å². The van der Waals surface area contributed by atoms with Gasteiger partial charge in [0.25, 0.3) is 0 Å². The van der Waals surface area contributed by atoms with Crippen LogP contribution in [0.3, 0.4) is 0 Å². The van der Waals surface area contributed by atoms with Gasteiger partial charge in [-0.25, -0.2) is 0 Å². The van der Waals surface area contributed by atoms with Gasteiger partial charge in [-0.15, -0.1) is 0 Å². The fourth-order valence-corrected chi connectivity index (χ4v) is 1.87. The highest BCUT2D eigenvalue weighted by molar-refractivity contribution is 6.36. The Morgan fingerprint density at radius 2 is 2.08 bits per heavy atom. The normalized spacial score (nSPS) is 20.3. The Bertz CT molecular complexity index is 323. The van der Waals surface area contributed by atoms with Crippen LogP contribution in [0.5, 0.6) is 0 Å². The van der Waals surface area contributed by atoms with Crippen molar-refractivity contribution in [3.8, 4) is 0 Å². The van der Waals surface area contributed by atoms with Crippen LogP contribution in [0.2, 0.25) is 10.0 Å². The molecule has 13 heavy (non-hydrogen) atoms. The predicted molar refractivity (Wildman–Crippen MR) is 52.3 cm³/mol. The van der Waals surface area contributed by atoms with Crippen molar-refractivity contribution in [2.24, 2.45) is 5.16 Å². The van der Waals surface area contributed by atoms with Gasteiger partial charge in [0.15, 0.2) is 6.10 Å². The molecule has 4 heteroatoms. The second kappa shape index (κ2) is 3.56. The Morgan fingerprint density at radius 1 is 1.38 bits per heavy atom. The first-order chi connectivity index (χ1) is 6.29. The molecule has 0 N–H and O–H groups in total. The molecule has 0 aliphatic carbocycles. The van der Waals surface area contributed by atoms with Crippen LogP contribution in [0.1, 0.15) is 18.1 Å². The molecular formula is C9H6Cl2NO. The second-order valence-electron chi connectivity index (χ2n) is 2.68. The van der Waals surface area contributed by atoms with Crippen molar-refractivity contribution in [3.05, 3.63) is 33.8 Å². The van der Waals surface area contributed by atoms with Gasteiger partial charge in [-0.1, -0.05) is 34.4 Å². The largest absolute Gasteiger partial charge is 0.387 e.